The normalized spacial score (nSPS) is 10.2. The van der Waals surface area contributed by atoms with Crippen LogP contribution in [-0.4, -0.2) is 15.7 Å². The van der Waals surface area contributed by atoms with E-state index in [0.717, 1.165) is 23.0 Å². The fraction of sp³-hybridized carbons (Fsp3) is 0.500. The van der Waals surface area contributed by atoms with E-state index in [4.69, 9.17) is 11.6 Å². The second kappa shape index (κ2) is 4.67. The third-order valence-electron chi connectivity index (χ3n) is 1.30. The van der Waals surface area contributed by atoms with Crippen LogP contribution in [-0.2, 0) is 5.75 Å². The van der Waals surface area contributed by atoms with Crippen LogP contribution >= 0.6 is 23.4 Å². The third kappa shape index (κ3) is 2.99. The van der Waals surface area contributed by atoms with Crippen LogP contribution in [0.2, 0.25) is 5.15 Å². The van der Waals surface area contributed by atoms with Gasteiger partial charge in [-0.1, -0.05) is 18.5 Å². The number of rotatable bonds is 3. The summed E-state index contributed by atoms with van der Waals surface area (Å²) >= 11 is 7.56. The Balaban J connectivity index is 2.72. The van der Waals surface area contributed by atoms with Gasteiger partial charge in [-0.15, -0.1) is 0 Å². The van der Waals surface area contributed by atoms with E-state index in [-0.39, 0.29) is 0 Å². The SMILES string of the molecule is CCSCc1nc(C)cc(Cl)n1. The first-order chi connectivity index (χ1) is 5.72. The van der Waals surface area contributed by atoms with Gasteiger partial charge in [0.15, 0.2) is 0 Å². The lowest BCUT2D eigenvalue weighted by atomic mass is 10.4. The first-order valence-electron chi connectivity index (χ1n) is 3.80. The predicted molar refractivity (Wildman–Crippen MR) is 53.6 cm³/mol. The highest BCUT2D eigenvalue weighted by Gasteiger charge is 1.99. The molecule has 0 atom stereocenters. The van der Waals surface area contributed by atoms with Gasteiger partial charge in [0.1, 0.15) is 11.0 Å². The minimum Gasteiger partial charge on any atom is -0.237 e. The molecule has 1 heterocycles. The summed E-state index contributed by atoms with van der Waals surface area (Å²) in [5.74, 6) is 2.75. The molecule has 0 spiro atoms. The molecule has 0 radical (unpaired) electrons. The summed E-state index contributed by atoms with van der Waals surface area (Å²) < 4.78 is 0. The minimum absolute atomic E-state index is 0.536. The average Bonchev–Trinajstić information content (AvgIpc) is 1.99. The molecule has 0 fully saturated rings. The summed E-state index contributed by atoms with van der Waals surface area (Å²) in [6.07, 6.45) is 0. The number of hydrogen-bond donors (Lipinski definition) is 0. The minimum atomic E-state index is 0.536. The van der Waals surface area contributed by atoms with Gasteiger partial charge < -0.3 is 0 Å². The second-order valence-electron chi connectivity index (χ2n) is 2.39. The van der Waals surface area contributed by atoms with Crippen LogP contribution < -0.4 is 0 Å². The smallest absolute Gasteiger partial charge is 0.140 e. The molecule has 0 aliphatic rings. The number of halogens is 1. The summed E-state index contributed by atoms with van der Waals surface area (Å²) in [6.45, 7) is 4.04. The summed E-state index contributed by atoms with van der Waals surface area (Å²) in [5, 5.41) is 0.536. The molecule has 0 unspecified atom stereocenters. The van der Waals surface area contributed by atoms with Crippen molar-refractivity contribution in [3.05, 3.63) is 22.7 Å². The molecular weight excluding hydrogens is 192 g/mol. The molecule has 0 amide bonds. The maximum atomic E-state index is 5.77. The van der Waals surface area contributed by atoms with Gasteiger partial charge in [-0.05, 0) is 18.7 Å². The van der Waals surface area contributed by atoms with Gasteiger partial charge in [0.05, 0.1) is 5.75 Å². The van der Waals surface area contributed by atoms with Crippen LogP contribution in [0.4, 0.5) is 0 Å². The molecule has 0 aromatic carbocycles. The Morgan fingerprint density at radius 1 is 1.50 bits per heavy atom. The molecule has 1 aromatic heterocycles. The number of hydrogen-bond acceptors (Lipinski definition) is 3. The van der Waals surface area contributed by atoms with Crippen molar-refractivity contribution < 1.29 is 0 Å². The molecule has 0 aliphatic carbocycles. The van der Waals surface area contributed by atoms with Gasteiger partial charge >= 0.3 is 0 Å². The van der Waals surface area contributed by atoms with Crippen LogP contribution in [0.1, 0.15) is 18.4 Å². The van der Waals surface area contributed by atoms with Gasteiger partial charge in [-0.3, -0.25) is 0 Å². The van der Waals surface area contributed by atoms with E-state index in [1.165, 1.54) is 0 Å². The maximum Gasteiger partial charge on any atom is 0.140 e. The highest BCUT2D eigenvalue weighted by atomic mass is 35.5. The van der Waals surface area contributed by atoms with Crippen molar-refractivity contribution in [2.75, 3.05) is 5.75 Å². The highest BCUT2D eigenvalue weighted by molar-refractivity contribution is 7.98. The van der Waals surface area contributed by atoms with Crippen molar-refractivity contribution in [2.24, 2.45) is 0 Å². The van der Waals surface area contributed by atoms with Crippen molar-refractivity contribution >= 4 is 23.4 Å². The van der Waals surface area contributed by atoms with E-state index in [0.29, 0.717) is 5.15 Å². The Morgan fingerprint density at radius 3 is 2.83 bits per heavy atom. The van der Waals surface area contributed by atoms with Crippen molar-refractivity contribution in [3.8, 4) is 0 Å². The Kier molecular flexibility index (Phi) is 3.82. The van der Waals surface area contributed by atoms with E-state index in [1.807, 2.05) is 6.92 Å². The first-order valence-corrected chi connectivity index (χ1v) is 5.33. The molecule has 2 nitrogen and oxygen atoms in total. The quantitative estimate of drug-likeness (QED) is 0.705. The predicted octanol–water partition coefficient (Wildman–Crippen LogP) is 2.69. The lowest BCUT2D eigenvalue weighted by molar-refractivity contribution is 0.996. The molecule has 1 rings (SSSR count). The lowest BCUT2D eigenvalue weighted by Crippen LogP contribution is -1.95. The fourth-order valence-corrected chi connectivity index (χ4v) is 1.62. The number of aryl methyl sites for hydroxylation is 1. The van der Waals surface area contributed by atoms with E-state index >= 15 is 0 Å². The molecule has 12 heavy (non-hydrogen) atoms. The third-order valence-corrected chi connectivity index (χ3v) is 2.37. The van der Waals surface area contributed by atoms with Crippen molar-refractivity contribution in [1.82, 2.24) is 9.97 Å². The fourth-order valence-electron chi connectivity index (χ4n) is 0.847. The van der Waals surface area contributed by atoms with Gasteiger partial charge in [-0.25, -0.2) is 9.97 Å². The Hall–Kier alpha value is -0.280. The molecule has 0 bridgehead atoms. The highest BCUT2D eigenvalue weighted by Crippen LogP contribution is 2.11. The zero-order valence-corrected chi connectivity index (χ0v) is 8.74. The van der Waals surface area contributed by atoms with Gasteiger partial charge in [-0.2, -0.15) is 11.8 Å². The number of aromatic nitrogens is 2. The zero-order chi connectivity index (χ0) is 8.97. The summed E-state index contributed by atoms with van der Waals surface area (Å²) in [6, 6.07) is 1.77. The van der Waals surface area contributed by atoms with E-state index in [9.17, 15) is 0 Å². The monoisotopic (exact) mass is 202 g/mol. The summed E-state index contributed by atoms with van der Waals surface area (Å²) in [7, 11) is 0. The topological polar surface area (TPSA) is 25.8 Å². The second-order valence-corrected chi connectivity index (χ2v) is 4.05. The van der Waals surface area contributed by atoms with Gasteiger partial charge in [0.25, 0.3) is 0 Å². The van der Waals surface area contributed by atoms with Crippen LogP contribution in [0.3, 0.4) is 0 Å². The molecule has 1 aromatic rings. The molecule has 0 saturated heterocycles. The van der Waals surface area contributed by atoms with Crippen LogP contribution in [0, 0.1) is 6.92 Å². The van der Waals surface area contributed by atoms with Crippen LogP contribution in [0.25, 0.3) is 0 Å². The van der Waals surface area contributed by atoms with Crippen molar-refractivity contribution in [3.63, 3.8) is 0 Å². The summed E-state index contributed by atoms with van der Waals surface area (Å²) in [5.41, 5.74) is 0.932. The van der Waals surface area contributed by atoms with Gasteiger partial charge in [0, 0.05) is 5.69 Å². The Morgan fingerprint density at radius 2 is 2.25 bits per heavy atom. The van der Waals surface area contributed by atoms with Crippen molar-refractivity contribution in [1.29, 1.82) is 0 Å². The number of nitrogens with zero attached hydrogens (tertiary/aromatic N) is 2. The standard InChI is InChI=1S/C8H11ClN2S/c1-3-12-5-8-10-6(2)4-7(9)11-8/h4H,3,5H2,1-2H3. The van der Waals surface area contributed by atoms with Crippen LogP contribution in [0.5, 0.6) is 0 Å². The average molecular weight is 203 g/mol. The van der Waals surface area contributed by atoms with Gasteiger partial charge in [0.2, 0.25) is 0 Å². The van der Waals surface area contributed by atoms with Crippen molar-refractivity contribution in [2.45, 2.75) is 19.6 Å². The largest absolute Gasteiger partial charge is 0.237 e. The maximum absolute atomic E-state index is 5.77. The first kappa shape index (κ1) is 9.81. The molecule has 66 valence electrons. The molecular formula is C8H11ClN2S. The number of thioether (sulfide) groups is 1. The molecule has 0 N–H and O–H groups in total. The Bertz CT molecular complexity index is 245. The summed E-state index contributed by atoms with van der Waals surface area (Å²) in [4.78, 5) is 8.36. The zero-order valence-electron chi connectivity index (χ0n) is 7.17. The van der Waals surface area contributed by atoms with E-state index < -0.39 is 0 Å². The van der Waals surface area contributed by atoms with E-state index in [1.54, 1.807) is 17.8 Å². The lowest BCUT2D eigenvalue weighted by Gasteiger charge is -2.00. The molecule has 4 heteroatoms. The van der Waals surface area contributed by atoms with Crippen LogP contribution in [0.15, 0.2) is 6.07 Å². The molecule has 0 aliphatic heterocycles. The van der Waals surface area contributed by atoms with E-state index in [2.05, 4.69) is 16.9 Å². The Labute approximate surface area is 81.8 Å². The molecule has 0 saturated carbocycles.